The summed E-state index contributed by atoms with van der Waals surface area (Å²) in [6, 6.07) is 4.04. The van der Waals surface area contributed by atoms with Crippen LogP contribution in [0.1, 0.15) is 19.8 Å². The number of thiophene rings is 1. The van der Waals surface area contributed by atoms with Crippen molar-refractivity contribution < 1.29 is 4.79 Å². The largest absolute Gasteiger partial charge is 0.370 e. The SMILES string of the molecule is CCCC(N)=O.c1ccsc1. The average molecular weight is 171 g/mol. The third-order valence-corrected chi connectivity index (χ3v) is 1.55. The second-order valence-electron chi connectivity index (χ2n) is 2.01. The molecule has 0 saturated carbocycles. The molecule has 2 nitrogen and oxygen atoms in total. The highest BCUT2D eigenvalue weighted by Gasteiger charge is 1.84. The highest BCUT2D eigenvalue weighted by Crippen LogP contribution is 1.91. The minimum absolute atomic E-state index is 0.211. The quantitative estimate of drug-likeness (QED) is 0.726. The van der Waals surface area contributed by atoms with E-state index < -0.39 is 0 Å². The Morgan fingerprint density at radius 2 is 2.00 bits per heavy atom. The molecular weight excluding hydrogens is 158 g/mol. The topological polar surface area (TPSA) is 43.1 Å². The standard InChI is InChI=1S/C4H9NO.C4H4S/c1-2-3-4(5)6;1-2-4-5-3-1/h2-3H2,1H3,(H2,5,6);1-4H. The van der Waals surface area contributed by atoms with Crippen LogP contribution in [0.2, 0.25) is 0 Å². The van der Waals surface area contributed by atoms with Gasteiger partial charge in [-0.15, -0.1) is 0 Å². The Hall–Kier alpha value is -0.830. The normalized spacial score (nSPS) is 8.09. The van der Waals surface area contributed by atoms with Crippen LogP contribution in [0, 0.1) is 0 Å². The number of carbonyl (C=O) groups excluding carboxylic acids is 1. The molecule has 0 bridgehead atoms. The lowest BCUT2D eigenvalue weighted by atomic mass is 10.3. The molecule has 0 atom stereocenters. The Labute approximate surface area is 71.0 Å². The molecule has 0 aliphatic carbocycles. The zero-order valence-corrected chi connectivity index (χ0v) is 7.43. The number of carbonyl (C=O) groups is 1. The van der Waals surface area contributed by atoms with Gasteiger partial charge < -0.3 is 5.73 Å². The molecule has 1 rings (SSSR count). The molecule has 0 aliphatic heterocycles. The number of rotatable bonds is 2. The van der Waals surface area contributed by atoms with Gasteiger partial charge in [0, 0.05) is 6.42 Å². The summed E-state index contributed by atoms with van der Waals surface area (Å²) >= 11 is 1.71. The van der Waals surface area contributed by atoms with Crippen LogP contribution in [-0.2, 0) is 4.79 Å². The lowest BCUT2D eigenvalue weighted by Crippen LogP contribution is -2.08. The van der Waals surface area contributed by atoms with Crippen molar-refractivity contribution in [1.82, 2.24) is 0 Å². The molecule has 0 spiro atoms. The van der Waals surface area contributed by atoms with Crippen LogP contribution in [0.25, 0.3) is 0 Å². The molecule has 0 aromatic carbocycles. The van der Waals surface area contributed by atoms with E-state index >= 15 is 0 Å². The minimum Gasteiger partial charge on any atom is -0.370 e. The molecule has 1 aromatic heterocycles. The molecule has 0 unspecified atom stereocenters. The van der Waals surface area contributed by atoms with E-state index in [2.05, 4.69) is 0 Å². The van der Waals surface area contributed by atoms with E-state index in [9.17, 15) is 4.79 Å². The summed E-state index contributed by atoms with van der Waals surface area (Å²) < 4.78 is 0. The molecule has 1 aromatic rings. The first-order valence-corrected chi connectivity index (χ1v) is 4.47. The maximum atomic E-state index is 9.82. The van der Waals surface area contributed by atoms with Crippen molar-refractivity contribution >= 4 is 17.2 Å². The fourth-order valence-corrected chi connectivity index (χ4v) is 0.927. The molecule has 62 valence electrons. The summed E-state index contributed by atoms with van der Waals surface area (Å²) in [6.07, 6.45) is 1.37. The van der Waals surface area contributed by atoms with Crippen molar-refractivity contribution in [2.75, 3.05) is 0 Å². The van der Waals surface area contributed by atoms with Crippen LogP contribution in [-0.4, -0.2) is 5.91 Å². The van der Waals surface area contributed by atoms with E-state index in [4.69, 9.17) is 5.73 Å². The smallest absolute Gasteiger partial charge is 0.217 e. The third-order valence-electron chi connectivity index (χ3n) is 0.922. The van der Waals surface area contributed by atoms with Gasteiger partial charge in [0.2, 0.25) is 5.91 Å². The first-order chi connectivity index (χ1) is 5.27. The lowest BCUT2D eigenvalue weighted by Gasteiger charge is -1.81. The van der Waals surface area contributed by atoms with E-state index in [-0.39, 0.29) is 5.91 Å². The Balaban J connectivity index is 0.000000183. The molecule has 11 heavy (non-hydrogen) atoms. The van der Waals surface area contributed by atoms with Gasteiger partial charge in [-0.25, -0.2) is 0 Å². The molecular formula is C8H13NOS. The minimum atomic E-state index is -0.211. The Morgan fingerprint density at radius 1 is 1.45 bits per heavy atom. The van der Waals surface area contributed by atoms with Gasteiger partial charge >= 0.3 is 0 Å². The van der Waals surface area contributed by atoms with Crippen LogP contribution in [0.15, 0.2) is 22.9 Å². The van der Waals surface area contributed by atoms with Crippen molar-refractivity contribution in [3.63, 3.8) is 0 Å². The van der Waals surface area contributed by atoms with Crippen LogP contribution in [0.4, 0.5) is 0 Å². The maximum Gasteiger partial charge on any atom is 0.217 e. The molecule has 1 heterocycles. The summed E-state index contributed by atoms with van der Waals surface area (Å²) in [6.45, 7) is 1.92. The first kappa shape index (κ1) is 10.2. The molecule has 0 aliphatic rings. The zero-order valence-electron chi connectivity index (χ0n) is 6.62. The molecule has 3 heteroatoms. The Kier molecular flexibility index (Phi) is 6.73. The van der Waals surface area contributed by atoms with Gasteiger partial charge in [0.05, 0.1) is 0 Å². The monoisotopic (exact) mass is 171 g/mol. The van der Waals surface area contributed by atoms with Gasteiger partial charge in [-0.1, -0.05) is 19.1 Å². The van der Waals surface area contributed by atoms with Crippen LogP contribution >= 0.6 is 11.3 Å². The second kappa shape index (κ2) is 7.28. The van der Waals surface area contributed by atoms with Gasteiger partial charge in [0.15, 0.2) is 0 Å². The van der Waals surface area contributed by atoms with E-state index in [1.165, 1.54) is 0 Å². The summed E-state index contributed by atoms with van der Waals surface area (Å²) in [7, 11) is 0. The molecule has 2 N–H and O–H groups in total. The van der Waals surface area contributed by atoms with Crippen molar-refractivity contribution in [2.24, 2.45) is 5.73 Å². The van der Waals surface area contributed by atoms with Gasteiger partial charge in [-0.05, 0) is 17.2 Å². The number of nitrogens with two attached hydrogens (primary N) is 1. The number of hydrogen-bond acceptors (Lipinski definition) is 2. The molecule has 0 saturated heterocycles. The Bertz CT molecular complexity index is 155. The fraction of sp³-hybridized carbons (Fsp3) is 0.375. The van der Waals surface area contributed by atoms with Gasteiger partial charge in [-0.2, -0.15) is 11.3 Å². The van der Waals surface area contributed by atoms with Crippen LogP contribution < -0.4 is 5.73 Å². The van der Waals surface area contributed by atoms with Crippen LogP contribution in [0.3, 0.4) is 0 Å². The van der Waals surface area contributed by atoms with E-state index in [1.807, 2.05) is 29.8 Å². The van der Waals surface area contributed by atoms with Gasteiger partial charge in [-0.3, -0.25) is 4.79 Å². The van der Waals surface area contributed by atoms with Gasteiger partial charge in [0.1, 0.15) is 0 Å². The van der Waals surface area contributed by atoms with Gasteiger partial charge in [0.25, 0.3) is 0 Å². The molecule has 0 fully saturated rings. The average Bonchev–Trinajstić information content (AvgIpc) is 2.41. The van der Waals surface area contributed by atoms with Crippen molar-refractivity contribution in [3.05, 3.63) is 22.9 Å². The highest BCUT2D eigenvalue weighted by molar-refractivity contribution is 7.07. The molecule has 1 amide bonds. The van der Waals surface area contributed by atoms with Crippen molar-refractivity contribution in [1.29, 1.82) is 0 Å². The van der Waals surface area contributed by atoms with Crippen molar-refractivity contribution in [2.45, 2.75) is 19.8 Å². The third kappa shape index (κ3) is 9.17. The van der Waals surface area contributed by atoms with Crippen LogP contribution in [0.5, 0.6) is 0 Å². The van der Waals surface area contributed by atoms with E-state index in [1.54, 1.807) is 11.3 Å². The lowest BCUT2D eigenvalue weighted by molar-refractivity contribution is -0.118. The summed E-state index contributed by atoms with van der Waals surface area (Å²) in [4.78, 5) is 9.82. The predicted molar refractivity (Wildman–Crippen MR) is 48.4 cm³/mol. The summed E-state index contributed by atoms with van der Waals surface area (Å²) in [5, 5.41) is 4.08. The second-order valence-corrected chi connectivity index (χ2v) is 2.83. The van der Waals surface area contributed by atoms with Crippen molar-refractivity contribution in [3.8, 4) is 0 Å². The predicted octanol–water partition coefficient (Wildman–Crippen LogP) is 2.02. The van der Waals surface area contributed by atoms with E-state index in [0.29, 0.717) is 6.42 Å². The summed E-state index contributed by atoms with van der Waals surface area (Å²) in [5.41, 5.74) is 4.76. The molecule has 0 radical (unpaired) electrons. The number of amides is 1. The zero-order chi connectivity index (χ0) is 8.53. The maximum absolute atomic E-state index is 9.82. The number of hydrogen-bond donors (Lipinski definition) is 1. The first-order valence-electron chi connectivity index (χ1n) is 3.52. The fourth-order valence-electron chi connectivity index (χ4n) is 0.473. The number of primary amides is 1. The Morgan fingerprint density at radius 3 is 2.09 bits per heavy atom. The highest BCUT2D eigenvalue weighted by atomic mass is 32.1. The van der Waals surface area contributed by atoms with E-state index in [0.717, 1.165) is 6.42 Å². The summed E-state index contributed by atoms with van der Waals surface area (Å²) in [5.74, 6) is -0.211.